The molecule has 3 aromatic rings. The molecular weight excluding hydrogens is 326 g/mol. The van der Waals surface area contributed by atoms with Crippen LogP contribution in [0.3, 0.4) is 0 Å². The molecule has 0 aliphatic heterocycles. The molecule has 0 radical (unpaired) electrons. The van der Waals surface area contributed by atoms with Crippen molar-refractivity contribution in [3.05, 3.63) is 65.4 Å². The van der Waals surface area contributed by atoms with Crippen LogP contribution in [-0.2, 0) is 11.3 Å². The van der Waals surface area contributed by atoms with Gasteiger partial charge in [-0.2, -0.15) is 5.10 Å². The van der Waals surface area contributed by atoms with Gasteiger partial charge in [0.2, 0.25) is 0 Å². The fourth-order valence-electron chi connectivity index (χ4n) is 3.01. The number of ether oxygens (including phenoxy) is 1. The number of amides is 1. The molecule has 1 amide bonds. The average molecular weight is 349 g/mol. The minimum atomic E-state index is -0.289. The first kappa shape index (κ1) is 17.7. The number of para-hydroxylation sites is 2. The van der Waals surface area contributed by atoms with E-state index < -0.39 is 0 Å². The van der Waals surface area contributed by atoms with Crippen molar-refractivity contribution in [1.29, 1.82) is 0 Å². The van der Waals surface area contributed by atoms with Crippen molar-refractivity contribution in [2.75, 3.05) is 6.61 Å². The molecule has 26 heavy (non-hydrogen) atoms. The molecular formula is C21H23N3O2. The maximum atomic E-state index is 12.0. The molecule has 134 valence electrons. The summed E-state index contributed by atoms with van der Waals surface area (Å²) in [6.45, 7) is 6.83. The summed E-state index contributed by atoms with van der Waals surface area (Å²) >= 11 is 0. The molecule has 0 unspecified atom stereocenters. The molecule has 2 aromatic carbocycles. The number of rotatable bonds is 6. The highest BCUT2D eigenvalue weighted by atomic mass is 16.5. The molecule has 0 spiro atoms. The highest BCUT2D eigenvalue weighted by Crippen LogP contribution is 2.22. The Labute approximate surface area is 153 Å². The van der Waals surface area contributed by atoms with Crippen LogP contribution >= 0.6 is 0 Å². The number of fused-ring (bicyclic) bond motifs is 1. The minimum absolute atomic E-state index is 0.0697. The molecule has 5 nitrogen and oxygen atoms in total. The Kier molecular flexibility index (Phi) is 5.37. The van der Waals surface area contributed by atoms with Gasteiger partial charge >= 0.3 is 0 Å². The molecule has 0 fully saturated rings. The first-order valence-electron chi connectivity index (χ1n) is 8.69. The Bertz CT molecular complexity index is 937. The number of hydrogen-bond donors (Lipinski definition) is 1. The van der Waals surface area contributed by atoms with Gasteiger partial charge in [0.1, 0.15) is 5.75 Å². The molecule has 0 atom stereocenters. The Morgan fingerprint density at radius 3 is 2.62 bits per heavy atom. The SMILES string of the molecule is CCn1cc(/C=N\NC(=O)COc2c(C)cccc2C)c2ccccc21. The van der Waals surface area contributed by atoms with E-state index in [1.165, 1.54) is 0 Å². The monoisotopic (exact) mass is 349 g/mol. The first-order chi connectivity index (χ1) is 12.6. The van der Waals surface area contributed by atoms with Crippen LogP contribution in [0, 0.1) is 13.8 Å². The minimum Gasteiger partial charge on any atom is -0.483 e. The zero-order valence-electron chi connectivity index (χ0n) is 15.3. The van der Waals surface area contributed by atoms with Gasteiger partial charge in [0.05, 0.1) is 6.21 Å². The van der Waals surface area contributed by atoms with Crippen molar-refractivity contribution in [3.63, 3.8) is 0 Å². The lowest BCUT2D eigenvalue weighted by atomic mass is 10.1. The van der Waals surface area contributed by atoms with Crippen molar-refractivity contribution in [1.82, 2.24) is 9.99 Å². The summed E-state index contributed by atoms with van der Waals surface area (Å²) in [5.41, 5.74) is 6.67. The van der Waals surface area contributed by atoms with Crippen molar-refractivity contribution in [2.24, 2.45) is 5.10 Å². The van der Waals surface area contributed by atoms with E-state index in [1.54, 1.807) is 6.21 Å². The van der Waals surface area contributed by atoms with Gasteiger partial charge in [-0.1, -0.05) is 36.4 Å². The summed E-state index contributed by atoms with van der Waals surface area (Å²) in [6.07, 6.45) is 3.71. The van der Waals surface area contributed by atoms with Gasteiger partial charge in [-0.15, -0.1) is 0 Å². The molecule has 5 heteroatoms. The van der Waals surface area contributed by atoms with Gasteiger partial charge in [0, 0.05) is 29.2 Å². The third-order valence-corrected chi connectivity index (χ3v) is 4.31. The van der Waals surface area contributed by atoms with Crippen molar-refractivity contribution in [2.45, 2.75) is 27.3 Å². The predicted molar refractivity (Wildman–Crippen MR) is 105 cm³/mol. The molecule has 0 aliphatic carbocycles. The molecule has 1 N–H and O–H groups in total. The maximum absolute atomic E-state index is 12.0. The Hall–Kier alpha value is -3.08. The van der Waals surface area contributed by atoms with E-state index in [4.69, 9.17) is 4.74 Å². The predicted octanol–water partition coefficient (Wildman–Crippen LogP) is 3.81. The Morgan fingerprint density at radius 2 is 1.88 bits per heavy atom. The second-order valence-corrected chi connectivity index (χ2v) is 6.19. The number of hydrazone groups is 1. The van der Waals surface area contributed by atoms with E-state index in [9.17, 15) is 4.79 Å². The molecule has 0 saturated carbocycles. The van der Waals surface area contributed by atoms with E-state index >= 15 is 0 Å². The lowest BCUT2D eigenvalue weighted by molar-refractivity contribution is -0.123. The second kappa shape index (κ2) is 7.87. The first-order valence-corrected chi connectivity index (χ1v) is 8.69. The summed E-state index contributed by atoms with van der Waals surface area (Å²) < 4.78 is 7.79. The fourth-order valence-corrected chi connectivity index (χ4v) is 3.01. The summed E-state index contributed by atoms with van der Waals surface area (Å²) in [5, 5.41) is 5.19. The second-order valence-electron chi connectivity index (χ2n) is 6.19. The van der Waals surface area contributed by atoms with Gasteiger partial charge in [0.15, 0.2) is 6.61 Å². The van der Waals surface area contributed by atoms with Crippen LogP contribution in [0.15, 0.2) is 53.8 Å². The van der Waals surface area contributed by atoms with Crippen molar-refractivity contribution >= 4 is 23.0 Å². The van der Waals surface area contributed by atoms with Crippen LogP contribution in [0.25, 0.3) is 10.9 Å². The Balaban J connectivity index is 1.63. The summed E-state index contributed by atoms with van der Waals surface area (Å²) in [6, 6.07) is 14.0. The van der Waals surface area contributed by atoms with Gasteiger partial charge in [0.25, 0.3) is 5.91 Å². The molecule has 1 heterocycles. The maximum Gasteiger partial charge on any atom is 0.277 e. The largest absolute Gasteiger partial charge is 0.483 e. The molecule has 0 aliphatic rings. The van der Waals surface area contributed by atoms with E-state index in [2.05, 4.69) is 34.2 Å². The highest BCUT2D eigenvalue weighted by Gasteiger charge is 2.07. The number of hydrogen-bond acceptors (Lipinski definition) is 3. The Morgan fingerprint density at radius 1 is 1.15 bits per heavy atom. The van der Waals surface area contributed by atoms with Crippen LogP contribution in [0.5, 0.6) is 5.75 Å². The van der Waals surface area contributed by atoms with Gasteiger partial charge < -0.3 is 9.30 Å². The lowest BCUT2D eigenvalue weighted by Gasteiger charge is -2.10. The van der Waals surface area contributed by atoms with Crippen molar-refractivity contribution < 1.29 is 9.53 Å². The molecule has 0 bridgehead atoms. The van der Waals surface area contributed by atoms with E-state index in [0.717, 1.165) is 39.9 Å². The number of benzene rings is 2. The quantitative estimate of drug-likeness (QED) is 0.543. The topological polar surface area (TPSA) is 55.6 Å². The number of carbonyl (C=O) groups is 1. The van der Waals surface area contributed by atoms with Crippen LogP contribution in [0.1, 0.15) is 23.6 Å². The standard InChI is InChI=1S/C21H23N3O2/c1-4-24-13-17(18-10-5-6-11-19(18)24)12-22-23-20(25)14-26-21-15(2)8-7-9-16(21)3/h5-13H,4,14H2,1-3H3,(H,23,25)/b22-12-. The van der Waals surface area contributed by atoms with Crippen LogP contribution in [0.4, 0.5) is 0 Å². The zero-order valence-corrected chi connectivity index (χ0v) is 15.3. The average Bonchev–Trinajstić information content (AvgIpc) is 2.99. The van der Waals surface area contributed by atoms with Gasteiger partial charge in [-0.05, 0) is 38.0 Å². The summed E-state index contributed by atoms with van der Waals surface area (Å²) in [4.78, 5) is 12.0. The smallest absolute Gasteiger partial charge is 0.277 e. The van der Waals surface area contributed by atoms with E-state index in [0.29, 0.717) is 0 Å². The molecule has 0 saturated heterocycles. The zero-order chi connectivity index (χ0) is 18.5. The van der Waals surface area contributed by atoms with Gasteiger partial charge in [-0.25, -0.2) is 5.43 Å². The summed E-state index contributed by atoms with van der Waals surface area (Å²) in [7, 11) is 0. The van der Waals surface area contributed by atoms with Crippen LogP contribution < -0.4 is 10.2 Å². The van der Waals surface area contributed by atoms with Crippen LogP contribution in [-0.4, -0.2) is 23.3 Å². The highest BCUT2D eigenvalue weighted by molar-refractivity contribution is 5.99. The molecule has 1 aromatic heterocycles. The summed E-state index contributed by atoms with van der Waals surface area (Å²) in [5.74, 6) is 0.459. The van der Waals surface area contributed by atoms with Crippen molar-refractivity contribution in [3.8, 4) is 5.75 Å². The number of aromatic nitrogens is 1. The van der Waals surface area contributed by atoms with E-state index in [1.807, 2.05) is 50.4 Å². The van der Waals surface area contributed by atoms with Crippen LogP contribution in [0.2, 0.25) is 0 Å². The number of carbonyl (C=O) groups excluding carboxylic acids is 1. The third-order valence-electron chi connectivity index (χ3n) is 4.31. The lowest BCUT2D eigenvalue weighted by Crippen LogP contribution is -2.25. The normalized spacial score (nSPS) is 11.2. The number of nitrogens with zero attached hydrogens (tertiary/aromatic N) is 2. The van der Waals surface area contributed by atoms with E-state index in [-0.39, 0.29) is 12.5 Å². The van der Waals surface area contributed by atoms with Gasteiger partial charge in [-0.3, -0.25) is 4.79 Å². The third kappa shape index (κ3) is 3.77. The fraction of sp³-hybridized carbons (Fsp3) is 0.238. The number of aryl methyl sites for hydroxylation is 3. The number of nitrogens with one attached hydrogen (secondary N) is 1. The molecule has 3 rings (SSSR count).